The van der Waals surface area contributed by atoms with Crippen LogP contribution in [-0.2, 0) is 0 Å². The van der Waals surface area contributed by atoms with Gasteiger partial charge in [0.05, 0.1) is 19.8 Å². The topological polar surface area (TPSA) is 65.0 Å². The molecule has 3 N–H and O–H groups in total. The van der Waals surface area contributed by atoms with Gasteiger partial charge in [-0.05, 0) is 18.2 Å². The molecule has 0 spiro atoms. The lowest BCUT2D eigenvalue weighted by Gasteiger charge is -2.34. The van der Waals surface area contributed by atoms with Crippen LogP contribution in [-0.4, -0.2) is 55.0 Å². The zero-order valence-electron chi connectivity index (χ0n) is 10.6. The van der Waals surface area contributed by atoms with Gasteiger partial charge in [0.15, 0.2) is 0 Å². The molecule has 1 aliphatic rings. The standard InChI is InChI=1S/C13H20N2O3/c1-18-10-2-3-13(17)11(8-10)12(9-16)15-6-4-14-5-7-15/h2-3,8,12,14,16-17H,4-7,9H2,1H3/t12-/m0/s1. The fourth-order valence-corrected chi connectivity index (χ4v) is 2.33. The van der Waals surface area contributed by atoms with Gasteiger partial charge in [-0.3, -0.25) is 4.90 Å². The molecule has 1 aromatic rings. The van der Waals surface area contributed by atoms with Crippen molar-refractivity contribution in [3.05, 3.63) is 23.8 Å². The van der Waals surface area contributed by atoms with E-state index in [0.29, 0.717) is 5.75 Å². The molecule has 0 radical (unpaired) electrons. The van der Waals surface area contributed by atoms with Crippen LogP contribution in [0.15, 0.2) is 18.2 Å². The fourth-order valence-electron chi connectivity index (χ4n) is 2.33. The zero-order chi connectivity index (χ0) is 13.0. The molecule has 1 heterocycles. The van der Waals surface area contributed by atoms with Crippen LogP contribution in [0.2, 0.25) is 0 Å². The van der Waals surface area contributed by atoms with E-state index in [1.54, 1.807) is 25.3 Å². The van der Waals surface area contributed by atoms with Gasteiger partial charge in [0.2, 0.25) is 0 Å². The van der Waals surface area contributed by atoms with Crippen LogP contribution in [0.4, 0.5) is 0 Å². The van der Waals surface area contributed by atoms with Gasteiger partial charge in [0.25, 0.3) is 0 Å². The average Bonchev–Trinajstić information content (AvgIpc) is 2.43. The number of rotatable bonds is 4. The molecular formula is C13H20N2O3. The van der Waals surface area contributed by atoms with Crippen molar-refractivity contribution in [2.24, 2.45) is 0 Å². The highest BCUT2D eigenvalue weighted by Crippen LogP contribution is 2.31. The SMILES string of the molecule is COc1ccc(O)c([C@H](CO)N2CCNCC2)c1. The van der Waals surface area contributed by atoms with E-state index >= 15 is 0 Å². The smallest absolute Gasteiger partial charge is 0.120 e. The molecule has 1 aliphatic heterocycles. The first-order chi connectivity index (χ1) is 8.76. The van der Waals surface area contributed by atoms with Crippen LogP contribution in [0.25, 0.3) is 0 Å². The van der Waals surface area contributed by atoms with Crippen LogP contribution in [0.5, 0.6) is 11.5 Å². The maximum atomic E-state index is 9.95. The van der Waals surface area contributed by atoms with Crippen molar-refractivity contribution in [2.75, 3.05) is 39.9 Å². The molecule has 5 nitrogen and oxygen atoms in total. The van der Waals surface area contributed by atoms with Gasteiger partial charge in [0, 0.05) is 31.7 Å². The predicted octanol–water partition coefficient (Wildman–Crippen LogP) is 0.339. The molecule has 100 valence electrons. The Bertz CT molecular complexity index is 392. The number of benzene rings is 1. The molecular weight excluding hydrogens is 232 g/mol. The number of aliphatic hydroxyl groups excluding tert-OH is 1. The highest BCUT2D eigenvalue weighted by atomic mass is 16.5. The van der Waals surface area contributed by atoms with Gasteiger partial charge < -0.3 is 20.3 Å². The van der Waals surface area contributed by atoms with E-state index in [9.17, 15) is 10.2 Å². The summed E-state index contributed by atoms with van der Waals surface area (Å²) in [6.45, 7) is 3.52. The molecule has 1 aromatic carbocycles. The minimum Gasteiger partial charge on any atom is -0.508 e. The second-order valence-corrected chi connectivity index (χ2v) is 4.41. The van der Waals surface area contributed by atoms with Crippen molar-refractivity contribution in [3.63, 3.8) is 0 Å². The van der Waals surface area contributed by atoms with E-state index in [1.807, 2.05) is 0 Å². The van der Waals surface area contributed by atoms with Gasteiger partial charge in [0.1, 0.15) is 11.5 Å². The van der Waals surface area contributed by atoms with E-state index in [2.05, 4.69) is 10.2 Å². The summed E-state index contributed by atoms with van der Waals surface area (Å²) < 4.78 is 5.17. The highest BCUT2D eigenvalue weighted by molar-refractivity contribution is 5.41. The summed E-state index contributed by atoms with van der Waals surface area (Å²) in [5, 5.41) is 22.8. The van der Waals surface area contributed by atoms with Crippen LogP contribution >= 0.6 is 0 Å². The Morgan fingerprint density at radius 3 is 2.72 bits per heavy atom. The number of aliphatic hydroxyl groups is 1. The number of piperazine rings is 1. The first-order valence-corrected chi connectivity index (χ1v) is 6.18. The number of nitrogens with one attached hydrogen (secondary N) is 1. The van der Waals surface area contributed by atoms with E-state index in [0.717, 1.165) is 31.7 Å². The number of hydrogen-bond donors (Lipinski definition) is 3. The molecule has 1 atom stereocenters. The van der Waals surface area contributed by atoms with Crippen molar-refractivity contribution in [1.82, 2.24) is 10.2 Å². The average molecular weight is 252 g/mol. The Labute approximate surface area is 107 Å². The molecule has 0 bridgehead atoms. The molecule has 0 aromatic heterocycles. The fraction of sp³-hybridized carbons (Fsp3) is 0.538. The lowest BCUT2D eigenvalue weighted by Crippen LogP contribution is -2.46. The summed E-state index contributed by atoms with van der Waals surface area (Å²) >= 11 is 0. The highest BCUT2D eigenvalue weighted by Gasteiger charge is 2.24. The largest absolute Gasteiger partial charge is 0.508 e. The molecule has 1 saturated heterocycles. The third kappa shape index (κ3) is 2.75. The number of hydrogen-bond acceptors (Lipinski definition) is 5. The molecule has 0 saturated carbocycles. The van der Waals surface area contributed by atoms with Gasteiger partial charge in [-0.15, -0.1) is 0 Å². The minimum atomic E-state index is -0.179. The molecule has 18 heavy (non-hydrogen) atoms. The first-order valence-electron chi connectivity index (χ1n) is 6.18. The Balaban J connectivity index is 2.25. The number of methoxy groups -OCH3 is 1. The van der Waals surface area contributed by atoms with Crippen molar-refractivity contribution in [2.45, 2.75) is 6.04 Å². The van der Waals surface area contributed by atoms with Crippen LogP contribution in [0.1, 0.15) is 11.6 Å². The molecule has 0 amide bonds. The lowest BCUT2D eigenvalue weighted by molar-refractivity contribution is 0.109. The van der Waals surface area contributed by atoms with Gasteiger partial charge >= 0.3 is 0 Å². The molecule has 2 rings (SSSR count). The summed E-state index contributed by atoms with van der Waals surface area (Å²) in [6, 6.07) is 4.93. The Kier molecular flexibility index (Phi) is 4.41. The van der Waals surface area contributed by atoms with E-state index in [1.165, 1.54) is 0 Å². The van der Waals surface area contributed by atoms with E-state index < -0.39 is 0 Å². The second-order valence-electron chi connectivity index (χ2n) is 4.41. The van der Waals surface area contributed by atoms with Gasteiger partial charge in [-0.2, -0.15) is 0 Å². The Hall–Kier alpha value is -1.30. The Morgan fingerprint density at radius 2 is 2.11 bits per heavy atom. The molecule has 0 unspecified atom stereocenters. The number of phenols is 1. The summed E-state index contributed by atoms with van der Waals surface area (Å²) in [7, 11) is 1.59. The van der Waals surface area contributed by atoms with E-state index in [-0.39, 0.29) is 18.4 Å². The predicted molar refractivity (Wildman–Crippen MR) is 68.9 cm³/mol. The summed E-state index contributed by atoms with van der Waals surface area (Å²) in [5.74, 6) is 0.893. The molecule has 1 fully saturated rings. The van der Waals surface area contributed by atoms with Crippen molar-refractivity contribution >= 4 is 0 Å². The summed E-state index contributed by atoms with van der Waals surface area (Å²) in [5.41, 5.74) is 0.721. The van der Waals surface area contributed by atoms with Crippen molar-refractivity contribution < 1.29 is 14.9 Å². The molecule has 5 heteroatoms. The number of ether oxygens (including phenoxy) is 1. The van der Waals surface area contributed by atoms with Crippen LogP contribution in [0.3, 0.4) is 0 Å². The summed E-state index contributed by atoms with van der Waals surface area (Å²) in [4.78, 5) is 2.17. The number of aromatic hydroxyl groups is 1. The third-order valence-corrected chi connectivity index (χ3v) is 3.36. The van der Waals surface area contributed by atoms with Gasteiger partial charge in [-0.1, -0.05) is 0 Å². The maximum Gasteiger partial charge on any atom is 0.120 e. The number of nitrogens with zero attached hydrogens (tertiary/aromatic N) is 1. The van der Waals surface area contributed by atoms with Crippen LogP contribution < -0.4 is 10.1 Å². The van der Waals surface area contributed by atoms with E-state index in [4.69, 9.17) is 4.74 Å². The second kappa shape index (κ2) is 6.04. The zero-order valence-corrected chi connectivity index (χ0v) is 10.6. The van der Waals surface area contributed by atoms with Crippen molar-refractivity contribution in [1.29, 1.82) is 0 Å². The minimum absolute atomic E-state index is 0.0132. The quantitative estimate of drug-likeness (QED) is 0.721. The Morgan fingerprint density at radius 1 is 1.39 bits per heavy atom. The monoisotopic (exact) mass is 252 g/mol. The van der Waals surface area contributed by atoms with Gasteiger partial charge in [-0.25, -0.2) is 0 Å². The lowest BCUT2D eigenvalue weighted by atomic mass is 10.0. The summed E-state index contributed by atoms with van der Waals surface area (Å²) in [6.07, 6.45) is 0. The first kappa shape index (κ1) is 13.1. The van der Waals surface area contributed by atoms with Crippen LogP contribution in [0, 0.1) is 0 Å². The van der Waals surface area contributed by atoms with Crippen molar-refractivity contribution in [3.8, 4) is 11.5 Å². The normalized spacial score (nSPS) is 18.6. The number of phenolic OH excluding ortho intramolecular Hbond substituents is 1. The maximum absolute atomic E-state index is 9.95. The third-order valence-electron chi connectivity index (χ3n) is 3.36. The molecule has 0 aliphatic carbocycles.